The van der Waals surface area contributed by atoms with Gasteiger partial charge in [-0.05, 0) is 20.3 Å². The van der Waals surface area contributed by atoms with Crippen LogP contribution >= 0.6 is 0 Å². The second kappa shape index (κ2) is 6.80. The molecule has 4 nitrogen and oxygen atoms in total. The van der Waals surface area contributed by atoms with Crippen molar-refractivity contribution in [3.8, 4) is 0 Å². The van der Waals surface area contributed by atoms with Gasteiger partial charge in [0.15, 0.2) is 0 Å². The Morgan fingerprint density at radius 1 is 1.53 bits per heavy atom. The molecule has 0 rings (SSSR count). The molecule has 90 valence electrons. The maximum absolute atomic E-state index is 11.3. The van der Waals surface area contributed by atoms with Crippen molar-refractivity contribution in [1.29, 1.82) is 0 Å². The molecule has 15 heavy (non-hydrogen) atoms. The third-order valence-electron chi connectivity index (χ3n) is 2.71. The second-order valence-electron chi connectivity index (χ2n) is 4.18. The van der Waals surface area contributed by atoms with Crippen molar-refractivity contribution in [2.24, 2.45) is 5.41 Å². The van der Waals surface area contributed by atoms with Gasteiger partial charge in [-0.25, -0.2) is 0 Å². The summed E-state index contributed by atoms with van der Waals surface area (Å²) in [5.74, 6) is -0.242. The van der Waals surface area contributed by atoms with Crippen molar-refractivity contribution in [1.82, 2.24) is 5.32 Å². The number of aliphatic hydroxyl groups excluding tert-OH is 1. The third kappa shape index (κ3) is 5.14. The van der Waals surface area contributed by atoms with E-state index >= 15 is 0 Å². The van der Waals surface area contributed by atoms with Crippen LogP contribution in [0.25, 0.3) is 0 Å². The lowest BCUT2D eigenvalue weighted by atomic mass is 9.88. The van der Waals surface area contributed by atoms with Gasteiger partial charge in [0.1, 0.15) is 6.04 Å². The molecule has 0 amide bonds. The fourth-order valence-corrected chi connectivity index (χ4v) is 1.04. The minimum atomic E-state index is -0.317. The number of carbonyl (C=O) groups excluding carboxylic acids is 1. The molecule has 0 heterocycles. The average Bonchev–Trinajstić information content (AvgIpc) is 2.25. The summed E-state index contributed by atoms with van der Waals surface area (Å²) >= 11 is 0. The molecule has 0 radical (unpaired) electrons. The quantitative estimate of drug-likeness (QED) is 0.623. The Kier molecular flexibility index (Phi) is 6.52. The summed E-state index contributed by atoms with van der Waals surface area (Å²) in [6.45, 7) is 8.69. The predicted octanol–water partition coefficient (Wildman–Crippen LogP) is 0.936. The van der Waals surface area contributed by atoms with Crippen molar-refractivity contribution in [2.75, 3.05) is 19.8 Å². The van der Waals surface area contributed by atoms with Crippen molar-refractivity contribution in [3.63, 3.8) is 0 Å². The van der Waals surface area contributed by atoms with E-state index in [9.17, 15) is 9.90 Å². The Labute approximate surface area is 92.0 Å². The van der Waals surface area contributed by atoms with E-state index in [0.717, 1.165) is 6.42 Å². The lowest BCUT2D eigenvalue weighted by Gasteiger charge is -2.27. The molecule has 0 aliphatic rings. The number of nitrogens with one attached hydrogen (secondary N) is 1. The summed E-state index contributed by atoms with van der Waals surface area (Å²) < 4.78 is 4.87. The van der Waals surface area contributed by atoms with E-state index in [0.29, 0.717) is 13.2 Å². The summed E-state index contributed by atoms with van der Waals surface area (Å²) in [4.78, 5) is 11.3. The van der Waals surface area contributed by atoms with Crippen LogP contribution in [0, 0.1) is 5.41 Å². The minimum Gasteiger partial charge on any atom is -0.465 e. The van der Waals surface area contributed by atoms with Crippen LogP contribution in [-0.4, -0.2) is 36.9 Å². The molecule has 4 heteroatoms. The topological polar surface area (TPSA) is 58.6 Å². The molecule has 0 bridgehead atoms. The molecular weight excluding hydrogens is 194 g/mol. The smallest absolute Gasteiger partial charge is 0.322 e. The number of esters is 1. The molecule has 0 saturated heterocycles. The van der Waals surface area contributed by atoms with Crippen LogP contribution in [0.4, 0.5) is 0 Å². The molecule has 0 saturated carbocycles. The largest absolute Gasteiger partial charge is 0.465 e. The maximum atomic E-state index is 11.3. The first-order valence-corrected chi connectivity index (χ1v) is 5.50. The maximum Gasteiger partial charge on any atom is 0.322 e. The summed E-state index contributed by atoms with van der Waals surface area (Å²) in [6, 6.07) is -0.317. The summed E-state index contributed by atoms with van der Waals surface area (Å²) in [6.07, 6.45) is 0.867. The van der Waals surface area contributed by atoms with Crippen LogP contribution in [-0.2, 0) is 9.53 Å². The second-order valence-corrected chi connectivity index (χ2v) is 4.18. The van der Waals surface area contributed by atoms with Crippen LogP contribution in [0.3, 0.4) is 0 Å². The van der Waals surface area contributed by atoms with Gasteiger partial charge in [0, 0.05) is 18.6 Å². The van der Waals surface area contributed by atoms with E-state index in [-0.39, 0.29) is 24.0 Å². The van der Waals surface area contributed by atoms with E-state index in [1.54, 1.807) is 13.8 Å². The Bertz CT molecular complexity index is 190. The molecule has 2 unspecified atom stereocenters. The van der Waals surface area contributed by atoms with Crippen molar-refractivity contribution in [2.45, 2.75) is 40.2 Å². The van der Waals surface area contributed by atoms with E-state index in [1.807, 2.05) is 13.8 Å². The van der Waals surface area contributed by atoms with Gasteiger partial charge in [0.25, 0.3) is 0 Å². The molecule has 0 aliphatic carbocycles. The first-order chi connectivity index (χ1) is 6.99. The van der Waals surface area contributed by atoms with Gasteiger partial charge in [0.2, 0.25) is 0 Å². The van der Waals surface area contributed by atoms with Crippen LogP contribution in [0.1, 0.15) is 34.1 Å². The Hall–Kier alpha value is -0.610. The molecule has 0 aromatic rings. The monoisotopic (exact) mass is 217 g/mol. The van der Waals surface area contributed by atoms with E-state index in [4.69, 9.17) is 4.74 Å². The van der Waals surface area contributed by atoms with Gasteiger partial charge in [-0.2, -0.15) is 0 Å². The zero-order chi connectivity index (χ0) is 11.9. The van der Waals surface area contributed by atoms with Crippen molar-refractivity contribution >= 4 is 5.97 Å². The summed E-state index contributed by atoms with van der Waals surface area (Å²) in [5, 5.41) is 12.3. The van der Waals surface area contributed by atoms with E-state index in [2.05, 4.69) is 5.32 Å². The Morgan fingerprint density at radius 2 is 2.13 bits per heavy atom. The Balaban J connectivity index is 3.98. The molecule has 0 aromatic heterocycles. The lowest BCUT2D eigenvalue weighted by Crippen LogP contribution is -2.43. The molecule has 0 aromatic carbocycles. The van der Waals surface area contributed by atoms with Gasteiger partial charge in [-0.1, -0.05) is 13.8 Å². The van der Waals surface area contributed by atoms with Gasteiger partial charge < -0.3 is 15.2 Å². The summed E-state index contributed by atoms with van der Waals surface area (Å²) in [5.41, 5.74) is -0.166. The van der Waals surface area contributed by atoms with Crippen LogP contribution in [0.5, 0.6) is 0 Å². The lowest BCUT2D eigenvalue weighted by molar-refractivity contribution is -0.145. The first-order valence-electron chi connectivity index (χ1n) is 5.50. The first kappa shape index (κ1) is 14.4. The number of ether oxygens (including phenoxy) is 1. The van der Waals surface area contributed by atoms with Crippen molar-refractivity contribution in [3.05, 3.63) is 0 Å². The zero-order valence-electron chi connectivity index (χ0n) is 10.2. The fourth-order valence-electron chi connectivity index (χ4n) is 1.04. The Morgan fingerprint density at radius 3 is 2.53 bits per heavy atom. The number of hydrogen-bond acceptors (Lipinski definition) is 4. The molecule has 0 fully saturated rings. The highest BCUT2D eigenvalue weighted by atomic mass is 16.5. The molecule has 0 aliphatic heterocycles. The minimum absolute atomic E-state index is 0.117. The third-order valence-corrected chi connectivity index (χ3v) is 2.71. The standard InChI is InChI=1S/C11H23NO3/c1-5-11(4,8-13)7-12-9(3)10(14)15-6-2/h9,12-13H,5-8H2,1-4H3. The molecule has 2 N–H and O–H groups in total. The molecular formula is C11H23NO3. The summed E-state index contributed by atoms with van der Waals surface area (Å²) in [7, 11) is 0. The van der Waals surface area contributed by atoms with Crippen LogP contribution in [0.2, 0.25) is 0 Å². The normalized spacial score (nSPS) is 16.9. The van der Waals surface area contributed by atoms with Gasteiger partial charge in [-0.3, -0.25) is 4.79 Å². The van der Waals surface area contributed by atoms with E-state index in [1.165, 1.54) is 0 Å². The average molecular weight is 217 g/mol. The zero-order valence-corrected chi connectivity index (χ0v) is 10.2. The number of aliphatic hydroxyl groups is 1. The van der Waals surface area contributed by atoms with Gasteiger partial charge in [0.05, 0.1) is 6.61 Å². The highest BCUT2D eigenvalue weighted by Gasteiger charge is 2.23. The molecule has 0 spiro atoms. The van der Waals surface area contributed by atoms with Crippen LogP contribution in [0.15, 0.2) is 0 Å². The van der Waals surface area contributed by atoms with Crippen LogP contribution < -0.4 is 5.32 Å². The van der Waals surface area contributed by atoms with Crippen molar-refractivity contribution < 1.29 is 14.6 Å². The van der Waals surface area contributed by atoms with Gasteiger partial charge in [-0.15, -0.1) is 0 Å². The molecule has 2 atom stereocenters. The highest BCUT2D eigenvalue weighted by Crippen LogP contribution is 2.18. The fraction of sp³-hybridized carbons (Fsp3) is 0.909. The highest BCUT2D eigenvalue weighted by molar-refractivity contribution is 5.75. The van der Waals surface area contributed by atoms with Gasteiger partial charge >= 0.3 is 5.97 Å². The predicted molar refractivity (Wildman–Crippen MR) is 59.6 cm³/mol. The SMILES string of the molecule is CCOC(=O)C(C)NCC(C)(CC)CO. The number of hydrogen-bond donors (Lipinski definition) is 2. The number of carbonyl (C=O) groups is 1. The number of rotatable bonds is 7. The van der Waals surface area contributed by atoms with E-state index < -0.39 is 0 Å².